The van der Waals surface area contributed by atoms with Gasteiger partial charge in [0, 0.05) is 16.6 Å². The van der Waals surface area contributed by atoms with Crippen molar-refractivity contribution < 1.29 is 4.52 Å². The molecular weight excluding hydrogens is 271 g/mol. The molecule has 18 heavy (non-hydrogen) atoms. The van der Waals surface area contributed by atoms with Gasteiger partial charge in [0.2, 0.25) is 0 Å². The highest BCUT2D eigenvalue weighted by Crippen LogP contribution is 2.31. The molecule has 4 nitrogen and oxygen atoms in total. The third-order valence-electron chi connectivity index (χ3n) is 2.66. The third-order valence-corrected chi connectivity index (χ3v) is 3.48. The summed E-state index contributed by atoms with van der Waals surface area (Å²) in [5, 5.41) is 3.97. The number of halogens is 2. The summed E-state index contributed by atoms with van der Waals surface area (Å²) in [7, 11) is 0. The van der Waals surface area contributed by atoms with Crippen LogP contribution in [-0.2, 0) is 0 Å². The lowest BCUT2D eigenvalue weighted by Crippen LogP contribution is -2.26. The topological polar surface area (TPSA) is 58.8 Å². The first kappa shape index (κ1) is 11.3. The van der Waals surface area contributed by atoms with E-state index in [-0.39, 0.29) is 0 Å². The Morgan fingerprint density at radius 3 is 2.72 bits per heavy atom. The van der Waals surface area contributed by atoms with Crippen LogP contribution in [0.4, 0.5) is 5.95 Å². The Kier molecular flexibility index (Phi) is 2.61. The number of aromatic nitrogens is 3. The summed E-state index contributed by atoms with van der Waals surface area (Å²) in [5.41, 5.74) is 8.06. The highest BCUT2D eigenvalue weighted by atomic mass is 35.5. The molecule has 0 aliphatic carbocycles. The van der Waals surface area contributed by atoms with Gasteiger partial charge in [-0.3, -0.25) is 0 Å². The van der Waals surface area contributed by atoms with Crippen LogP contribution in [0.3, 0.4) is 0 Å². The number of anilines is 1. The SMILES string of the molecule is Nc1nc2cccc(-c3cccc(Cl)c3Cl)[n+]2[nH]1. The molecule has 0 radical (unpaired) electrons. The van der Waals surface area contributed by atoms with Crippen molar-refractivity contribution in [2.24, 2.45) is 0 Å². The summed E-state index contributed by atoms with van der Waals surface area (Å²) in [6.45, 7) is 0. The van der Waals surface area contributed by atoms with Gasteiger partial charge in [-0.2, -0.15) is 5.10 Å². The van der Waals surface area contributed by atoms with Crippen molar-refractivity contribution in [3.05, 3.63) is 46.4 Å². The molecule has 6 heteroatoms. The predicted molar refractivity (Wildman–Crippen MR) is 71.6 cm³/mol. The monoisotopic (exact) mass is 279 g/mol. The molecule has 0 saturated heterocycles. The van der Waals surface area contributed by atoms with Gasteiger partial charge < -0.3 is 5.73 Å². The summed E-state index contributed by atoms with van der Waals surface area (Å²) < 4.78 is 1.77. The van der Waals surface area contributed by atoms with E-state index in [4.69, 9.17) is 28.9 Å². The molecule has 0 atom stereocenters. The first-order valence-electron chi connectivity index (χ1n) is 5.27. The molecule has 3 N–H and O–H groups in total. The molecular formula is C12H9Cl2N4+. The Hall–Kier alpha value is -1.78. The fourth-order valence-corrected chi connectivity index (χ4v) is 2.27. The lowest BCUT2D eigenvalue weighted by atomic mass is 10.1. The second-order valence-corrected chi connectivity index (χ2v) is 4.60. The van der Waals surface area contributed by atoms with Gasteiger partial charge in [0.05, 0.1) is 10.0 Å². The molecule has 2 heterocycles. The van der Waals surface area contributed by atoms with Crippen LogP contribution in [0.15, 0.2) is 36.4 Å². The van der Waals surface area contributed by atoms with Crippen LogP contribution in [0.5, 0.6) is 0 Å². The quantitative estimate of drug-likeness (QED) is 0.673. The van der Waals surface area contributed by atoms with E-state index in [0.717, 1.165) is 16.9 Å². The second-order valence-electron chi connectivity index (χ2n) is 3.81. The van der Waals surface area contributed by atoms with Crippen LogP contribution in [0.1, 0.15) is 0 Å². The number of rotatable bonds is 1. The molecule has 0 amide bonds. The number of aromatic amines is 1. The second kappa shape index (κ2) is 4.15. The number of hydrogen-bond acceptors (Lipinski definition) is 2. The molecule has 0 saturated carbocycles. The average molecular weight is 280 g/mol. The number of benzene rings is 1. The average Bonchev–Trinajstić information content (AvgIpc) is 2.73. The largest absolute Gasteiger partial charge is 0.351 e. The molecule has 1 aromatic carbocycles. The fraction of sp³-hybridized carbons (Fsp3) is 0. The molecule has 3 rings (SSSR count). The van der Waals surface area contributed by atoms with E-state index >= 15 is 0 Å². The summed E-state index contributed by atoms with van der Waals surface area (Å²) >= 11 is 12.3. The van der Waals surface area contributed by atoms with Gasteiger partial charge in [-0.25, -0.2) is 0 Å². The zero-order chi connectivity index (χ0) is 12.7. The zero-order valence-corrected chi connectivity index (χ0v) is 10.7. The fourth-order valence-electron chi connectivity index (χ4n) is 1.88. The number of nitrogens with zero attached hydrogens (tertiary/aromatic N) is 2. The minimum atomic E-state index is 0.348. The molecule has 0 unspecified atom stereocenters. The minimum absolute atomic E-state index is 0.348. The van der Waals surface area contributed by atoms with Crippen molar-refractivity contribution in [2.75, 3.05) is 5.73 Å². The van der Waals surface area contributed by atoms with E-state index < -0.39 is 0 Å². The van der Waals surface area contributed by atoms with E-state index in [1.54, 1.807) is 10.6 Å². The summed E-state index contributed by atoms with van der Waals surface area (Å²) in [5.74, 6) is 0.348. The Balaban J connectivity index is 2.34. The maximum Gasteiger partial charge on any atom is 0.351 e. The van der Waals surface area contributed by atoms with Crippen LogP contribution in [-0.4, -0.2) is 10.1 Å². The van der Waals surface area contributed by atoms with E-state index in [9.17, 15) is 0 Å². The van der Waals surface area contributed by atoms with E-state index in [1.165, 1.54) is 0 Å². The van der Waals surface area contributed by atoms with Crippen LogP contribution >= 0.6 is 23.2 Å². The normalized spacial score (nSPS) is 11.0. The molecule has 90 valence electrons. The number of pyridine rings is 1. The molecule has 0 bridgehead atoms. The molecule has 0 aliphatic rings. The lowest BCUT2D eigenvalue weighted by Gasteiger charge is -2.03. The molecule has 0 aliphatic heterocycles. The van der Waals surface area contributed by atoms with E-state index in [0.29, 0.717) is 16.0 Å². The Labute approximate surface area is 113 Å². The van der Waals surface area contributed by atoms with Crippen molar-refractivity contribution in [2.45, 2.75) is 0 Å². The summed E-state index contributed by atoms with van der Waals surface area (Å²) in [6.07, 6.45) is 0. The van der Waals surface area contributed by atoms with Gasteiger partial charge in [0.25, 0.3) is 0 Å². The van der Waals surface area contributed by atoms with Gasteiger partial charge >= 0.3 is 11.6 Å². The lowest BCUT2D eigenvalue weighted by molar-refractivity contribution is -0.564. The number of nitrogens with two attached hydrogens (primary N) is 1. The zero-order valence-electron chi connectivity index (χ0n) is 9.19. The first-order chi connectivity index (χ1) is 8.66. The van der Waals surface area contributed by atoms with Crippen molar-refractivity contribution in [1.29, 1.82) is 0 Å². The highest BCUT2D eigenvalue weighted by molar-refractivity contribution is 6.43. The maximum atomic E-state index is 6.22. The molecule has 0 fully saturated rings. The summed E-state index contributed by atoms with van der Waals surface area (Å²) in [4.78, 5) is 4.16. The highest BCUT2D eigenvalue weighted by Gasteiger charge is 2.17. The number of hydrogen-bond donors (Lipinski definition) is 2. The van der Waals surface area contributed by atoms with Crippen molar-refractivity contribution in [3.63, 3.8) is 0 Å². The Morgan fingerprint density at radius 1 is 1.11 bits per heavy atom. The van der Waals surface area contributed by atoms with Gasteiger partial charge in [0.1, 0.15) is 0 Å². The van der Waals surface area contributed by atoms with Crippen molar-refractivity contribution in [3.8, 4) is 11.3 Å². The Bertz CT molecular complexity index is 736. The van der Waals surface area contributed by atoms with Gasteiger partial charge in [0.15, 0.2) is 5.69 Å². The van der Waals surface area contributed by atoms with E-state index in [1.807, 2.05) is 30.3 Å². The van der Waals surface area contributed by atoms with E-state index in [2.05, 4.69) is 10.1 Å². The third kappa shape index (κ3) is 1.70. The molecule has 2 aromatic heterocycles. The van der Waals surface area contributed by atoms with Crippen molar-refractivity contribution >= 4 is 34.8 Å². The predicted octanol–water partition coefficient (Wildman–Crippen LogP) is 2.70. The number of nitrogen functional groups attached to an aromatic ring is 1. The summed E-state index contributed by atoms with van der Waals surface area (Å²) in [6, 6.07) is 11.2. The van der Waals surface area contributed by atoms with Crippen LogP contribution in [0.25, 0.3) is 16.9 Å². The van der Waals surface area contributed by atoms with Gasteiger partial charge in [-0.05, 0) is 24.3 Å². The van der Waals surface area contributed by atoms with Crippen LogP contribution in [0.2, 0.25) is 10.0 Å². The molecule has 3 aromatic rings. The van der Waals surface area contributed by atoms with Gasteiger partial charge in [-0.1, -0.05) is 29.3 Å². The number of nitrogens with one attached hydrogen (secondary N) is 1. The molecule has 0 spiro atoms. The maximum absolute atomic E-state index is 6.22. The smallest absolute Gasteiger partial charge is 0.345 e. The number of fused-ring (bicyclic) bond motifs is 1. The Morgan fingerprint density at radius 2 is 1.89 bits per heavy atom. The van der Waals surface area contributed by atoms with Crippen LogP contribution < -0.4 is 10.2 Å². The van der Waals surface area contributed by atoms with Crippen LogP contribution in [0, 0.1) is 0 Å². The van der Waals surface area contributed by atoms with Gasteiger partial charge in [-0.15, -0.1) is 4.52 Å². The number of H-pyrrole nitrogens is 1. The first-order valence-corrected chi connectivity index (χ1v) is 6.03. The minimum Gasteiger partial charge on any atom is -0.345 e. The standard InChI is InChI=1S/C12H8Cl2N4/c13-8-4-1-3-7(11(8)14)9-5-2-6-10-16-12(15)17-18(9)10/h1-6H,(H2,15,17)/p+1. The van der Waals surface area contributed by atoms with Crippen molar-refractivity contribution in [1.82, 2.24) is 10.1 Å².